The van der Waals surface area contributed by atoms with Crippen molar-refractivity contribution >= 4 is 28.7 Å². The fourth-order valence-electron chi connectivity index (χ4n) is 4.14. The molecule has 1 amide bonds. The molecule has 2 aliphatic heterocycles. The number of carbonyl (C=O) groups is 2. The molecule has 1 aromatic heterocycles. The molecule has 0 aliphatic carbocycles. The van der Waals surface area contributed by atoms with Gasteiger partial charge in [-0.2, -0.15) is 0 Å². The Balaban J connectivity index is 1.19. The Labute approximate surface area is 180 Å². The van der Waals surface area contributed by atoms with Crippen LogP contribution in [0.25, 0.3) is 17.0 Å². The smallest absolute Gasteiger partial charge is 0.246 e. The van der Waals surface area contributed by atoms with Crippen molar-refractivity contribution in [2.24, 2.45) is 5.92 Å². The maximum atomic E-state index is 12.9. The predicted molar refractivity (Wildman–Crippen MR) is 116 cm³/mol. The average Bonchev–Trinajstić information content (AvgIpc) is 3.25. The van der Waals surface area contributed by atoms with Crippen LogP contribution in [0.3, 0.4) is 0 Å². The lowest BCUT2D eigenvalue weighted by Gasteiger charge is -2.30. The van der Waals surface area contributed by atoms with Crippen LogP contribution in [0.15, 0.2) is 59.0 Å². The third-order valence-corrected chi connectivity index (χ3v) is 5.84. The molecule has 0 saturated carbocycles. The molecular formula is C25H23NO5. The van der Waals surface area contributed by atoms with Gasteiger partial charge >= 0.3 is 0 Å². The van der Waals surface area contributed by atoms with E-state index in [0.29, 0.717) is 62.0 Å². The van der Waals surface area contributed by atoms with Gasteiger partial charge < -0.3 is 18.8 Å². The molecule has 1 saturated heterocycles. The molecule has 5 rings (SSSR count). The zero-order valence-corrected chi connectivity index (χ0v) is 17.1. The number of benzene rings is 2. The molecule has 2 aliphatic rings. The standard InChI is InChI=1S/C25H23NO5/c27-24(8-6-20-15-18-3-1-2-4-21(18)31-20)26-11-9-17(10-12-26)25(28)19-5-7-22-23(16-19)30-14-13-29-22/h1-8,15-17H,9-14H2/b8-6+. The molecule has 0 atom stereocenters. The predicted octanol–water partition coefficient (Wildman–Crippen LogP) is 4.34. The van der Waals surface area contributed by atoms with Crippen molar-refractivity contribution in [2.45, 2.75) is 12.8 Å². The van der Waals surface area contributed by atoms with E-state index in [0.717, 1.165) is 11.0 Å². The van der Waals surface area contributed by atoms with Gasteiger partial charge in [0.15, 0.2) is 17.3 Å². The van der Waals surface area contributed by atoms with E-state index >= 15 is 0 Å². The number of likely N-dealkylation sites (tertiary alicyclic amines) is 1. The summed E-state index contributed by atoms with van der Waals surface area (Å²) in [5.74, 6) is 1.90. The van der Waals surface area contributed by atoms with E-state index in [2.05, 4.69) is 0 Å². The van der Waals surface area contributed by atoms with Crippen LogP contribution in [0.1, 0.15) is 29.0 Å². The Bertz CT molecular complexity index is 1120. The molecular weight excluding hydrogens is 394 g/mol. The Hall–Kier alpha value is -3.54. The number of ether oxygens (including phenoxy) is 2. The van der Waals surface area contributed by atoms with Gasteiger partial charge in [0.2, 0.25) is 5.91 Å². The van der Waals surface area contributed by atoms with Gasteiger partial charge in [-0.05, 0) is 49.2 Å². The van der Waals surface area contributed by atoms with Gasteiger partial charge in [0.05, 0.1) is 0 Å². The molecule has 31 heavy (non-hydrogen) atoms. The molecule has 1 fully saturated rings. The van der Waals surface area contributed by atoms with Crippen LogP contribution >= 0.6 is 0 Å². The van der Waals surface area contributed by atoms with Gasteiger partial charge in [0.1, 0.15) is 24.6 Å². The molecule has 6 heteroatoms. The number of hydrogen-bond acceptors (Lipinski definition) is 5. The SMILES string of the molecule is O=C(c1ccc2c(c1)OCCO2)C1CCN(C(=O)/C=C/c2cc3ccccc3o2)CC1. The highest BCUT2D eigenvalue weighted by Crippen LogP contribution is 2.32. The first kappa shape index (κ1) is 19.4. The van der Waals surface area contributed by atoms with E-state index in [-0.39, 0.29) is 17.6 Å². The van der Waals surface area contributed by atoms with Crippen LogP contribution in [-0.4, -0.2) is 42.9 Å². The van der Waals surface area contributed by atoms with Crippen molar-refractivity contribution in [3.05, 3.63) is 65.9 Å². The minimum Gasteiger partial charge on any atom is -0.486 e. The normalized spacial score (nSPS) is 16.7. The zero-order valence-electron chi connectivity index (χ0n) is 17.1. The number of rotatable bonds is 4. The molecule has 158 valence electrons. The number of para-hydroxylation sites is 1. The summed E-state index contributed by atoms with van der Waals surface area (Å²) in [4.78, 5) is 27.3. The van der Waals surface area contributed by atoms with E-state index < -0.39 is 0 Å². The summed E-state index contributed by atoms with van der Waals surface area (Å²) in [5, 5.41) is 1.01. The second-order valence-corrected chi connectivity index (χ2v) is 7.84. The topological polar surface area (TPSA) is 69.0 Å². The van der Waals surface area contributed by atoms with Crippen molar-refractivity contribution in [3.8, 4) is 11.5 Å². The van der Waals surface area contributed by atoms with Crippen LogP contribution in [0.4, 0.5) is 0 Å². The third kappa shape index (κ3) is 4.06. The minimum atomic E-state index is -0.0917. The van der Waals surface area contributed by atoms with Crippen molar-refractivity contribution < 1.29 is 23.5 Å². The van der Waals surface area contributed by atoms with Crippen molar-refractivity contribution in [1.29, 1.82) is 0 Å². The van der Waals surface area contributed by atoms with Crippen LogP contribution in [-0.2, 0) is 4.79 Å². The van der Waals surface area contributed by atoms with Gasteiger partial charge in [0.25, 0.3) is 0 Å². The summed E-state index contributed by atoms with van der Waals surface area (Å²) >= 11 is 0. The number of hydrogen-bond donors (Lipinski definition) is 0. The molecule has 0 radical (unpaired) electrons. The fourth-order valence-corrected chi connectivity index (χ4v) is 4.14. The average molecular weight is 417 g/mol. The lowest BCUT2D eigenvalue weighted by molar-refractivity contribution is -0.127. The molecule has 0 unspecified atom stereocenters. The number of amides is 1. The Morgan fingerprint density at radius 2 is 1.71 bits per heavy atom. The summed E-state index contributed by atoms with van der Waals surface area (Å²) in [5.41, 5.74) is 1.44. The molecule has 6 nitrogen and oxygen atoms in total. The largest absolute Gasteiger partial charge is 0.486 e. The summed E-state index contributed by atoms with van der Waals surface area (Å²) < 4.78 is 16.8. The number of fused-ring (bicyclic) bond motifs is 2. The zero-order chi connectivity index (χ0) is 21.2. The second-order valence-electron chi connectivity index (χ2n) is 7.84. The number of piperidine rings is 1. The summed E-state index contributed by atoms with van der Waals surface area (Å²) in [6.45, 7) is 2.14. The first-order valence-corrected chi connectivity index (χ1v) is 10.6. The second kappa shape index (κ2) is 8.30. The van der Waals surface area contributed by atoms with E-state index in [1.54, 1.807) is 35.3 Å². The summed E-state index contributed by atoms with van der Waals surface area (Å²) in [7, 11) is 0. The first-order valence-electron chi connectivity index (χ1n) is 10.6. The Kier molecular flexibility index (Phi) is 5.20. The lowest BCUT2D eigenvalue weighted by Crippen LogP contribution is -2.39. The fraction of sp³-hybridized carbons (Fsp3) is 0.280. The quantitative estimate of drug-likeness (QED) is 0.467. The molecule has 3 heterocycles. The van der Waals surface area contributed by atoms with Gasteiger partial charge in [-0.1, -0.05) is 18.2 Å². The number of carbonyl (C=O) groups excluding carboxylic acids is 2. The monoisotopic (exact) mass is 417 g/mol. The van der Waals surface area contributed by atoms with Gasteiger partial charge in [-0.3, -0.25) is 9.59 Å². The molecule has 3 aromatic rings. The maximum Gasteiger partial charge on any atom is 0.246 e. The minimum absolute atomic E-state index is 0.0642. The number of nitrogens with zero attached hydrogens (tertiary/aromatic N) is 1. The van der Waals surface area contributed by atoms with E-state index in [4.69, 9.17) is 13.9 Å². The van der Waals surface area contributed by atoms with E-state index in [1.165, 1.54) is 0 Å². The number of ketones is 1. The maximum absolute atomic E-state index is 12.9. The van der Waals surface area contributed by atoms with Crippen molar-refractivity contribution in [2.75, 3.05) is 26.3 Å². The number of Topliss-reactive ketones (excluding diaryl/α,β-unsaturated/α-hetero) is 1. The summed E-state index contributed by atoms with van der Waals surface area (Å²) in [6.07, 6.45) is 4.55. The Morgan fingerprint density at radius 3 is 2.52 bits per heavy atom. The van der Waals surface area contributed by atoms with E-state index in [9.17, 15) is 9.59 Å². The van der Waals surface area contributed by atoms with Crippen LogP contribution < -0.4 is 9.47 Å². The summed E-state index contributed by atoms with van der Waals surface area (Å²) in [6, 6.07) is 15.0. The van der Waals surface area contributed by atoms with E-state index in [1.807, 2.05) is 30.3 Å². The van der Waals surface area contributed by atoms with Gasteiger partial charge in [0, 0.05) is 36.0 Å². The van der Waals surface area contributed by atoms with Gasteiger partial charge in [-0.25, -0.2) is 0 Å². The van der Waals surface area contributed by atoms with Crippen molar-refractivity contribution in [3.63, 3.8) is 0 Å². The van der Waals surface area contributed by atoms with Gasteiger partial charge in [-0.15, -0.1) is 0 Å². The van der Waals surface area contributed by atoms with Crippen LogP contribution in [0.2, 0.25) is 0 Å². The lowest BCUT2D eigenvalue weighted by atomic mass is 9.88. The molecule has 0 spiro atoms. The third-order valence-electron chi connectivity index (χ3n) is 5.84. The molecule has 0 N–H and O–H groups in total. The Morgan fingerprint density at radius 1 is 0.935 bits per heavy atom. The molecule has 2 aromatic carbocycles. The number of furan rings is 1. The van der Waals surface area contributed by atoms with Crippen molar-refractivity contribution in [1.82, 2.24) is 4.90 Å². The molecule has 0 bridgehead atoms. The van der Waals surface area contributed by atoms with Crippen LogP contribution in [0, 0.1) is 5.92 Å². The first-order chi connectivity index (χ1) is 15.2. The van der Waals surface area contributed by atoms with Crippen LogP contribution in [0.5, 0.6) is 11.5 Å². The highest BCUT2D eigenvalue weighted by molar-refractivity contribution is 5.99. The highest BCUT2D eigenvalue weighted by Gasteiger charge is 2.28. The highest BCUT2D eigenvalue weighted by atomic mass is 16.6.